The van der Waals surface area contributed by atoms with Crippen LogP contribution in [-0.2, 0) is 4.43 Å². The van der Waals surface area contributed by atoms with E-state index >= 15 is 0 Å². The zero-order valence-electron chi connectivity index (χ0n) is 13.1. The molecule has 0 aliphatic carbocycles. The molecule has 17 heavy (non-hydrogen) atoms. The normalized spacial score (nSPS) is 13.8. The van der Waals surface area contributed by atoms with Crippen molar-refractivity contribution in [2.75, 3.05) is 0 Å². The Bertz CT molecular complexity index is 220. The second-order valence-corrected chi connectivity index (χ2v) is 12.0. The molecule has 0 aliphatic heterocycles. The maximum Gasteiger partial charge on any atom is 0.201 e. The third-order valence-electron chi connectivity index (χ3n) is 3.80. The average molecular weight is 257 g/mol. The van der Waals surface area contributed by atoms with Gasteiger partial charge in [0.05, 0.1) is 5.60 Å². The topological polar surface area (TPSA) is 9.23 Å². The van der Waals surface area contributed by atoms with Crippen LogP contribution in [0.1, 0.15) is 61.8 Å². The molecule has 0 heterocycles. The van der Waals surface area contributed by atoms with Gasteiger partial charge in [-0.1, -0.05) is 47.6 Å². The van der Waals surface area contributed by atoms with Crippen molar-refractivity contribution in [2.45, 2.75) is 84.0 Å². The second-order valence-electron chi connectivity index (χ2n) is 6.67. The molecule has 0 atom stereocenters. The minimum Gasteiger partial charge on any atom is -0.411 e. The molecule has 0 aromatic rings. The predicted molar refractivity (Wildman–Crippen MR) is 81.0 cm³/mol. The number of rotatable bonds is 7. The Balaban J connectivity index is 5.25. The molecule has 0 unspecified atom stereocenters. The molecule has 0 aromatic heterocycles. The Labute approximate surface area is 110 Å². The fraction of sp³-hybridized carbons (Fsp3) is 0.867. The van der Waals surface area contributed by atoms with Gasteiger partial charge in [-0.25, -0.2) is 0 Å². The summed E-state index contributed by atoms with van der Waals surface area (Å²) in [5.74, 6) is 0. The molecule has 0 saturated heterocycles. The summed E-state index contributed by atoms with van der Waals surface area (Å²) in [6, 6.07) is 0. The molecule has 1 nitrogen and oxygen atoms in total. The molecule has 0 aliphatic rings. The van der Waals surface area contributed by atoms with Gasteiger partial charge in [-0.15, -0.1) is 6.58 Å². The highest BCUT2D eigenvalue weighted by atomic mass is 28.4. The van der Waals surface area contributed by atoms with Crippen LogP contribution in [-0.4, -0.2) is 13.9 Å². The Morgan fingerprint density at radius 3 is 1.59 bits per heavy atom. The van der Waals surface area contributed by atoms with Gasteiger partial charge in [-0.05, 0) is 36.9 Å². The van der Waals surface area contributed by atoms with Crippen LogP contribution in [0.5, 0.6) is 0 Å². The molecule has 0 N–H and O–H groups in total. The van der Waals surface area contributed by atoms with Gasteiger partial charge in [0, 0.05) is 0 Å². The predicted octanol–water partition coefficient (Wildman–Crippen LogP) is 5.53. The van der Waals surface area contributed by atoms with E-state index in [1.165, 1.54) is 0 Å². The van der Waals surface area contributed by atoms with Crippen molar-refractivity contribution in [2.24, 2.45) is 0 Å². The van der Waals surface area contributed by atoms with Crippen molar-refractivity contribution >= 4 is 8.32 Å². The molecule has 0 fully saturated rings. The van der Waals surface area contributed by atoms with Gasteiger partial charge in [0.2, 0.25) is 8.32 Å². The fourth-order valence-electron chi connectivity index (χ4n) is 3.22. The Morgan fingerprint density at radius 1 is 1.00 bits per heavy atom. The van der Waals surface area contributed by atoms with Crippen LogP contribution in [0, 0.1) is 0 Å². The molecule has 0 amide bonds. The van der Waals surface area contributed by atoms with Crippen LogP contribution in [0.2, 0.25) is 16.6 Å². The molecular formula is C15H32OSi. The zero-order chi connectivity index (χ0) is 13.9. The molecule has 0 bridgehead atoms. The molecule has 0 aromatic carbocycles. The Morgan fingerprint density at radius 2 is 1.35 bits per heavy atom. The Kier molecular flexibility index (Phi) is 6.16. The summed E-state index contributed by atoms with van der Waals surface area (Å²) in [5, 5.41) is 0. The van der Waals surface area contributed by atoms with E-state index in [4.69, 9.17) is 4.43 Å². The van der Waals surface area contributed by atoms with Gasteiger partial charge in [0.15, 0.2) is 0 Å². The van der Waals surface area contributed by atoms with Gasteiger partial charge < -0.3 is 4.43 Å². The average Bonchev–Trinajstić information content (AvgIpc) is 2.12. The van der Waals surface area contributed by atoms with Crippen LogP contribution < -0.4 is 0 Å². The lowest BCUT2D eigenvalue weighted by Crippen LogP contribution is -2.52. The van der Waals surface area contributed by atoms with Crippen LogP contribution in [0.15, 0.2) is 12.7 Å². The van der Waals surface area contributed by atoms with E-state index in [1.54, 1.807) is 0 Å². The largest absolute Gasteiger partial charge is 0.411 e. The molecular weight excluding hydrogens is 224 g/mol. The first-order valence-electron chi connectivity index (χ1n) is 6.91. The minimum atomic E-state index is -1.75. The SMILES string of the molecule is C=CCC(C)(C)O[Si](C(C)C)(C(C)C)C(C)C. The standard InChI is InChI=1S/C15H32OSi/c1-10-11-15(8,9)16-17(12(2)3,13(4)5)14(6)7/h10,12-14H,1,11H2,2-9H3. The van der Waals surface area contributed by atoms with Crippen LogP contribution in [0.4, 0.5) is 0 Å². The van der Waals surface area contributed by atoms with Crippen molar-refractivity contribution in [3.8, 4) is 0 Å². The highest BCUT2D eigenvalue weighted by molar-refractivity contribution is 6.77. The van der Waals surface area contributed by atoms with E-state index < -0.39 is 8.32 Å². The lowest BCUT2D eigenvalue weighted by molar-refractivity contribution is 0.0893. The monoisotopic (exact) mass is 256 g/mol. The molecule has 2 heteroatoms. The van der Waals surface area contributed by atoms with E-state index in [0.29, 0.717) is 16.6 Å². The molecule has 0 saturated carbocycles. The van der Waals surface area contributed by atoms with Gasteiger partial charge in [0.1, 0.15) is 0 Å². The van der Waals surface area contributed by atoms with E-state index in [1.807, 2.05) is 6.08 Å². The lowest BCUT2D eigenvalue weighted by Gasteiger charge is -2.47. The highest BCUT2D eigenvalue weighted by Crippen LogP contribution is 2.45. The molecule has 0 rings (SSSR count). The zero-order valence-corrected chi connectivity index (χ0v) is 14.1. The van der Waals surface area contributed by atoms with Crippen LogP contribution in [0.25, 0.3) is 0 Å². The van der Waals surface area contributed by atoms with Crippen molar-refractivity contribution in [1.82, 2.24) is 0 Å². The summed E-state index contributed by atoms with van der Waals surface area (Å²) >= 11 is 0. The van der Waals surface area contributed by atoms with Gasteiger partial charge >= 0.3 is 0 Å². The summed E-state index contributed by atoms with van der Waals surface area (Å²) in [5.41, 5.74) is 1.86. The van der Waals surface area contributed by atoms with Crippen molar-refractivity contribution in [3.63, 3.8) is 0 Å². The lowest BCUT2D eigenvalue weighted by atomic mass is 10.1. The van der Waals surface area contributed by atoms with Crippen LogP contribution >= 0.6 is 0 Å². The van der Waals surface area contributed by atoms with Crippen molar-refractivity contribution in [1.29, 1.82) is 0 Å². The minimum absolute atomic E-state index is 0.0766. The second kappa shape index (κ2) is 6.19. The summed E-state index contributed by atoms with van der Waals surface area (Å²) in [6.45, 7) is 22.2. The fourth-order valence-corrected chi connectivity index (χ4v) is 8.97. The van der Waals surface area contributed by atoms with Gasteiger partial charge in [0.25, 0.3) is 0 Å². The first-order chi connectivity index (χ1) is 7.60. The van der Waals surface area contributed by atoms with Crippen molar-refractivity contribution < 1.29 is 4.43 Å². The maximum atomic E-state index is 6.72. The van der Waals surface area contributed by atoms with E-state index in [2.05, 4.69) is 62.0 Å². The molecule has 0 radical (unpaired) electrons. The smallest absolute Gasteiger partial charge is 0.201 e. The van der Waals surface area contributed by atoms with Gasteiger partial charge in [-0.3, -0.25) is 0 Å². The number of hydrogen-bond acceptors (Lipinski definition) is 1. The van der Waals surface area contributed by atoms with E-state index in [-0.39, 0.29) is 5.60 Å². The van der Waals surface area contributed by atoms with Crippen molar-refractivity contribution in [3.05, 3.63) is 12.7 Å². The van der Waals surface area contributed by atoms with Gasteiger partial charge in [-0.2, -0.15) is 0 Å². The first-order valence-corrected chi connectivity index (χ1v) is 9.05. The summed E-state index contributed by atoms with van der Waals surface area (Å²) in [6.07, 6.45) is 2.90. The van der Waals surface area contributed by atoms with E-state index in [9.17, 15) is 0 Å². The molecule has 0 spiro atoms. The first kappa shape index (κ1) is 16.9. The summed E-state index contributed by atoms with van der Waals surface area (Å²) < 4.78 is 6.72. The summed E-state index contributed by atoms with van der Waals surface area (Å²) in [4.78, 5) is 0. The van der Waals surface area contributed by atoms with Crippen LogP contribution in [0.3, 0.4) is 0 Å². The quantitative estimate of drug-likeness (QED) is 0.429. The Hall–Kier alpha value is -0.0831. The van der Waals surface area contributed by atoms with E-state index in [0.717, 1.165) is 6.42 Å². The third-order valence-corrected chi connectivity index (χ3v) is 10.1. The maximum absolute atomic E-state index is 6.72. The number of hydrogen-bond donors (Lipinski definition) is 0. The third kappa shape index (κ3) is 3.96. The summed E-state index contributed by atoms with van der Waals surface area (Å²) in [7, 11) is -1.75. The highest BCUT2D eigenvalue weighted by Gasteiger charge is 2.47. The molecule has 102 valence electrons.